The summed E-state index contributed by atoms with van der Waals surface area (Å²) >= 11 is 0. The summed E-state index contributed by atoms with van der Waals surface area (Å²) in [7, 11) is 0. The Morgan fingerprint density at radius 2 is 2.12 bits per heavy atom. The number of carbonyl (C=O) groups excluding carboxylic acids is 2. The predicted molar refractivity (Wildman–Crippen MR) is 95.6 cm³/mol. The fraction of sp³-hybridized carbons (Fsp3) is 0.579. The van der Waals surface area contributed by atoms with Gasteiger partial charge in [0.05, 0.1) is 5.56 Å². The van der Waals surface area contributed by atoms with Crippen molar-refractivity contribution in [1.29, 1.82) is 5.26 Å². The molecule has 2 aliphatic rings. The fourth-order valence-electron chi connectivity index (χ4n) is 4.26. The van der Waals surface area contributed by atoms with Crippen LogP contribution in [0.2, 0.25) is 0 Å². The molecule has 2 saturated heterocycles. The lowest BCUT2D eigenvalue weighted by Gasteiger charge is -2.48. The maximum Gasteiger partial charge on any atom is 0.266 e. The number of pyridine rings is 1. The highest BCUT2D eigenvalue weighted by Crippen LogP contribution is 2.39. The van der Waals surface area contributed by atoms with Gasteiger partial charge in [-0.25, -0.2) is 0 Å². The van der Waals surface area contributed by atoms with E-state index in [2.05, 4.69) is 4.98 Å². The highest BCUT2D eigenvalue weighted by atomic mass is 16.2. The van der Waals surface area contributed by atoms with Gasteiger partial charge in [-0.3, -0.25) is 14.4 Å². The first-order valence-electron chi connectivity index (χ1n) is 9.10. The third-order valence-corrected chi connectivity index (χ3v) is 5.77. The number of carbonyl (C=O) groups is 2. The maximum atomic E-state index is 13.1. The third-order valence-electron chi connectivity index (χ3n) is 5.77. The second kappa shape index (κ2) is 6.94. The van der Waals surface area contributed by atoms with Crippen molar-refractivity contribution in [3.05, 3.63) is 33.2 Å². The summed E-state index contributed by atoms with van der Waals surface area (Å²) in [6, 6.07) is 1.88. The summed E-state index contributed by atoms with van der Waals surface area (Å²) < 4.78 is 0. The number of hydrogen-bond acceptors (Lipinski definition) is 4. The Hall–Kier alpha value is -2.62. The van der Waals surface area contributed by atoms with Crippen LogP contribution in [0.4, 0.5) is 0 Å². The molecule has 0 aliphatic carbocycles. The first-order valence-corrected chi connectivity index (χ1v) is 9.10. The van der Waals surface area contributed by atoms with Crippen molar-refractivity contribution in [2.24, 2.45) is 5.41 Å². The van der Waals surface area contributed by atoms with E-state index in [9.17, 15) is 14.4 Å². The molecule has 1 spiro atoms. The van der Waals surface area contributed by atoms with Gasteiger partial charge >= 0.3 is 0 Å². The Bertz CT molecular complexity index is 838. The third kappa shape index (κ3) is 3.12. The molecule has 0 aromatic carbocycles. The molecule has 3 rings (SSSR count). The van der Waals surface area contributed by atoms with Crippen LogP contribution in [0, 0.1) is 23.7 Å². The Balaban J connectivity index is 1.84. The summed E-state index contributed by atoms with van der Waals surface area (Å²) in [4.78, 5) is 43.0. The number of H-pyrrole nitrogens is 1. The minimum absolute atomic E-state index is 0.0111. The van der Waals surface area contributed by atoms with E-state index in [1.54, 1.807) is 6.92 Å². The van der Waals surface area contributed by atoms with Gasteiger partial charge in [-0.15, -0.1) is 0 Å². The van der Waals surface area contributed by atoms with Crippen LogP contribution in [0.15, 0.2) is 11.0 Å². The largest absolute Gasteiger partial charge is 0.342 e. The minimum Gasteiger partial charge on any atom is -0.342 e. The molecule has 0 radical (unpaired) electrons. The van der Waals surface area contributed by atoms with Crippen molar-refractivity contribution in [3.8, 4) is 6.07 Å². The smallest absolute Gasteiger partial charge is 0.266 e. The number of aromatic amines is 1. The lowest BCUT2D eigenvalue weighted by Crippen LogP contribution is -2.55. The molecule has 2 fully saturated rings. The summed E-state index contributed by atoms with van der Waals surface area (Å²) in [5.74, 6) is 0.0333. The second-order valence-electron chi connectivity index (χ2n) is 7.38. The fourth-order valence-corrected chi connectivity index (χ4v) is 4.26. The lowest BCUT2D eigenvalue weighted by atomic mass is 9.73. The van der Waals surface area contributed by atoms with Crippen molar-refractivity contribution in [1.82, 2.24) is 14.8 Å². The molecule has 138 valence electrons. The van der Waals surface area contributed by atoms with Gasteiger partial charge in [-0.1, -0.05) is 0 Å². The Morgan fingerprint density at radius 1 is 1.35 bits per heavy atom. The molecule has 2 amide bonds. The first kappa shape index (κ1) is 18.2. The van der Waals surface area contributed by atoms with E-state index < -0.39 is 5.56 Å². The molecular formula is C19H24N4O3. The number of amides is 2. The van der Waals surface area contributed by atoms with Crippen molar-refractivity contribution in [3.63, 3.8) is 0 Å². The summed E-state index contributed by atoms with van der Waals surface area (Å²) in [5.41, 5.74) is 0.266. The van der Waals surface area contributed by atoms with Gasteiger partial charge in [0.2, 0.25) is 5.91 Å². The van der Waals surface area contributed by atoms with Crippen LogP contribution < -0.4 is 5.56 Å². The van der Waals surface area contributed by atoms with E-state index in [-0.39, 0.29) is 22.8 Å². The van der Waals surface area contributed by atoms with Gasteiger partial charge < -0.3 is 14.8 Å². The highest BCUT2D eigenvalue weighted by Gasteiger charge is 2.42. The van der Waals surface area contributed by atoms with Gasteiger partial charge in [0, 0.05) is 44.2 Å². The summed E-state index contributed by atoms with van der Waals surface area (Å²) in [6.07, 6.45) is 4.65. The van der Waals surface area contributed by atoms with E-state index >= 15 is 0 Å². The minimum atomic E-state index is -0.471. The Kier molecular flexibility index (Phi) is 4.86. The zero-order valence-corrected chi connectivity index (χ0v) is 15.3. The quantitative estimate of drug-likeness (QED) is 0.866. The molecule has 1 aromatic heterocycles. The van der Waals surface area contributed by atoms with Crippen molar-refractivity contribution < 1.29 is 9.59 Å². The van der Waals surface area contributed by atoms with Gasteiger partial charge in [-0.2, -0.15) is 5.26 Å². The topological polar surface area (TPSA) is 97.3 Å². The SMILES string of the molecule is CCN1C[C@@]2(CCCN(C(=O)c3c[nH]c(=O)c(C#N)c3C)C2)CCC1=O. The molecule has 7 heteroatoms. The van der Waals surface area contributed by atoms with E-state index in [0.29, 0.717) is 43.7 Å². The van der Waals surface area contributed by atoms with Gasteiger partial charge in [-0.05, 0) is 38.7 Å². The van der Waals surface area contributed by atoms with E-state index in [4.69, 9.17) is 5.26 Å². The lowest BCUT2D eigenvalue weighted by molar-refractivity contribution is -0.138. The summed E-state index contributed by atoms with van der Waals surface area (Å²) in [6.45, 7) is 6.27. The van der Waals surface area contributed by atoms with Gasteiger partial charge in [0.25, 0.3) is 11.5 Å². The van der Waals surface area contributed by atoms with Crippen molar-refractivity contribution in [2.45, 2.75) is 39.5 Å². The molecule has 2 aliphatic heterocycles. The second-order valence-corrected chi connectivity index (χ2v) is 7.38. The number of rotatable bonds is 2. The average Bonchev–Trinajstić information content (AvgIpc) is 2.64. The number of nitrogens with zero attached hydrogens (tertiary/aromatic N) is 3. The van der Waals surface area contributed by atoms with Crippen LogP contribution in [0.3, 0.4) is 0 Å². The zero-order chi connectivity index (χ0) is 18.9. The zero-order valence-electron chi connectivity index (χ0n) is 15.3. The van der Waals surface area contributed by atoms with E-state index in [1.807, 2.05) is 22.8 Å². The number of nitriles is 1. The van der Waals surface area contributed by atoms with Gasteiger partial charge in [0.15, 0.2) is 0 Å². The number of aromatic nitrogens is 1. The molecule has 1 aromatic rings. The van der Waals surface area contributed by atoms with Crippen LogP contribution in [-0.2, 0) is 4.79 Å². The van der Waals surface area contributed by atoms with Crippen LogP contribution in [-0.4, -0.2) is 52.8 Å². The molecule has 0 bridgehead atoms. The molecule has 7 nitrogen and oxygen atoms in total. The van der Waals surface area contributed by atoms with Crippen molar-refractivity contribution in [2.75, 3.05) is 26.2 Å². The van der Waals surface area contributed by atoms with Crippen LogP contribution in [0.25, 0.3) is 0 Å². The van der Waals surface area contributed by atoms with E-state index in [1.165, 1.54) is 6.20 Å². The average molecular weight is 356 g/mol. The maximum absolute atomic E-state index is 13.1. The van der Waals surface area contributed by atoms with Crippen LogP contribution in [0.5, 0.6) is 0 Å². The first-order chi connectivity index (χ1) is 12.4. The standard InChI is InChI=1S/C19H24N4O3/c1-3-22-11-19(7-5-16(22)24)6-4-8-23(12-19)18(26)15-10-21-17(25)14(9-20)13(15)2/h10H,3-8,11-12H2,1-2H3,(H,21,25)/t19-/m1/s1. The van der Waals surface area contributed by atoms with Gasteiger partial charge in [0.1, 0.15) is 11.6 Å². The van der Waals surface area contributed by atoms with Crippen LogP contribution in [0.1, 0.15) is 54.1 Å². The molecule has 0 saturated carbocycles. The van der Waals surface area contributed by atoms with Crippen molar-refractivity contribution >= 4 is 11.8 Å². The molecule has 1 atom stereocenters. The Morgan fingerprint density at radius 3 is 2.81 bits per heavy atom. The highest BCUT2D eigenvalue weighted by molar-refractivity contribution is 5.96. The predicted octanol–water partition coefficient (Wildman–Crippen LogP) is 1.42. The number of piperidine rings is 2. The molecule has 1 N–H and O–H groups in total. The number of nitrogens with one attached hydrogen (secondary N) is 1. The number of likely N-dealkylation sites (tertiary alicyclic amines) is 2. The molecule has 0 unspecified atom stereocenters. The normalized spacial score (nSPS) is 23.2. The number of hydrogen-bond donors (Lipinski definition) is 1. The molecular weight excluding hydrogens is 332 g/mol. The summed E-state index contributed by atoms with van der Waals surface area (Å²) in [5, 5.41) is 9.16. The Labute approximate surface area is 152 Å². The van der Waals surface area contributed by atoms with E-state index in [0.717, 1.165) is 19.3 Å². The van der Waals surface area contributed by atoms with Crippen LogP contribution >= 0.6 is 0 Å². The molecule has 3 heterocycles. The monoisotopic (exact) mass is 356 g/mol. The molecule has 26 heavy (non-hydrogen) atoms.